The first-order valence-corrected chi connectivity index (χ1v) is 10.7. The van der Waals surface area contributed by atoms with Crippen LogP contribution in [0.2, 0.25) is 0 Å². The number of thioether (sulfide) groups is 1. The molecule has 8 heteroatoms. The standard InChI is InChI=1S/C20H24N6OS/c1-25-14-16-17(24-25)22-18(23-19(16)26-10-12-28-13-11-26)20(27)21-9-5-8-15-6-3-2-4-7-15/h2-4,6-7,14H,5,8-13H2,1H3,(H,21,27). The summed E-state index contributed by atoms with van der Waals surface area (Å²) < 4.78 is 1.73. The number of benzene rings is 1. The minimum absolute atomic E-state index is 0.194. The summed E-state index contributed by atoms with van der Waals surface area (Å²) in [6.45, 7) is 2.43. The van der Waals surface area contributed by atoms with E-state index in [1.807, 2.05) is 43.2 Å². The van der Waals surface area contributed by atoms with Crippen molar-refractivity contribution in [3.8, 4) is 0 Å². The molecule has 1 aromatic carbocycles. The zero-order valence-electron chi connectivity index (χ0n) is 16.0. The second-order valence-electron chi connectivity index (χ2n) is 6.86. The van der Waals surface area contributed by atoms with Crippen molar-refractivity contribution in [3.05, 3.63) is 47.9 Å². The van der Waals surface area contributed by atoms with Crippen LogP contribution in [0, 0.1) is 0 Å². The molecule has 1 fully saturated rings. The lowest BCUT2D eigenvalue weighted by molar-refractivity contribution is 0.0943. The number of carbonyl (C=O) groups is 1. The highest BCUT2D eigenvalue weighted by Crippen LogP contribution is 2.25. The molecule has 0 unspecified atom stereocenters. The first-order valence-electron chi connectivity index (χ1n) is 9.57. The Morgan fingerprint density at radius 2 is 1.96 bits per heavy atom. The van der Waals surface area contributed by atoms with Crippen LogP contribution in [0.25, 0.3) is 11.0 Å². The van der Waals surface area contributed by atoms with E-state index in [0.29, 0.717) is 12.2 Å². The number of aryl methyl sites for hydroxylation is 2. The number of nitrogens with one attached hydrogen (secondary N) is 1. The van der Waals surface area contributed by atoms with Gasteiger partial charge in [0.05, 0.1) is 5.39 Å². The highest BCUT2D eigenvalue weighted by atomic mass is 32.2. The number of nitrogens with zero attached hydrogens (tertiary/aromatic N) is 5. The van der Waals surface area contributed by atoms with Crippen LogP contribution in [0.1, 0.15) is 22.6 Å². The normalized spacial score (nSPS) is 14.4. The van der Waals surface area contributed by atoms with Crippen molar-refractivity contribution < 1.29 is 4.79 Å². The molecule has 0 bridgehead atoms. The average Bonchev–Trinajstić information content (AvgIpc) is 3.12. The lowest BCUT2D eigenvalue weighted by Crippen LogP contribution is -2.34. The molecular weight excluding hydrogens is 372 g/mol. The number of hydrogen-bond acceptors (Lipinski definition) is 6. The molecule has 3 heterocycles. The minimum atomic E-state index is -0.242. The molecule has 146 valence electrons. The van der Waals surface area contributed by atoms with E-state index in [9.17, 15) is 4.79 Å². The van der Waals surface area contributed by atoms with Crippen molar-refractivity contribution in [2.24, 2.45) is 7.05 Å². The van der Waals surface area contributed by atoms with E-state index in [4.69, 9.17) is 0 Å². The Morgan fingerprint density at radius 1 is 1.18 bits per heavy atom. The average molecular weight is 397 g/mol. The molecule has 1 aliphatic heterocycles. The van der Waals surface area contributed by atoms with Crippen molar-refractivity contribution in [1.82, 2.24) is 25.1 Å². The molecule has 1 N–H and O–H groups in total. The van der Waals surface area contributed by atoms with Gasteiger partial charge in [0.2, 0.25) is 5.82 Å². The Bertz CT molecular complexity index is 952. The first-order chi connectivity index (χ1) is 13.7. The van der Waals surface area contributed by atoms with E-state index in [1.165, 1.54) is 5.56 Å². The molecule has 28 heavy (non-hydrogen) atoms. The molecule has 0 radical (unpaired) electrons. The van der Waals surface area contributed by atoms with Crippen molar-refractivity contribution >= 4 is 34.5 Å². The molecule has 3 aromatic rings. The third kappa shape index (κ3) is 4.27. The van der Waals surface area contributed by atoms with Crippen LogP contribution in [0.5, 0.6) is 0 Å². The van der Waals surface area contributed by atoms with Gasteiger partial charge in [-0.25, -0.2) is 9.97 Å². The van der Waals surface area contributed by atoms with Gasteiger partial charge in [0.1, 0.15) is 5.82 Å². The lowest BCUT2D eigenvalue weighted by Gasteiger charge is -2.27. The van der Waals surface area contributed by atoms with E-state index in [-0.39, 0.29) is 11.7 Å². The van der Waals surface area contributed by atoms with Gasteiger partial charge in [0.15, 0.2) is 5.65 Å². The smallest absolute Gasteiger partial charge is 0.289 e. The van der Waals surface area contributed by atoms with Gasteiger partial charge in [0, 0.05) is 44.4 Å². The topological polar surface area (TPSA) is 75.9 Å². The van der Waals surface area contributed by atoms with E-state index in [0.717, 1.165) is 48.6 Å². The number of hydrogen-bond donors (Lipinski definition) is 1. The van der Waals surface area contributed by atoms with Crippen LogP contribution in [-0.4, -0.2) is 56.8 Å². The summed E-state index contributed by atoms with van der Waals surface area (Å²) in [7, 11) is 1.86. The SMILES string of the molecule is Cn1cc2c(N3CCSCC3)nc(C(=O)NCCCc3ccccc3)nc2n1. The Kier molecular flexibility index (Phi) is 5.76. The lowest BCUT2D eigenvalue weighted by atomic mass is 10.1. The van der Waals surface area contributed by atoms with Gasteiger partial charge in [-0.15, -0.1) is 0 Å². The number of fused-ring (bicyclic) bond motifs is 1. The number of aromatic nitrogens is 4. The Morgan fingerprint density at radius 3 is 2.75 bits per heavy atom. The zero-order chi connectivity index (χ0) is 19.3. The van der Waals surface area contributed by atoms with Gasteiger partial charge < -0.3 is 10.2 Å². The second-order valence-corrected chi connectivity index (χ2v) is 8.08. The highest BCUT2D eigenvalue weighted by molar-refractivity contribution is 7.99. The summed E-state index contributed by atoms with van der Waals surface area (Å²) in [6.07, 6.45) is 3.73. The fourth-order valence-electron chi connectivity index (χ4n) is 3.34. The third-order valence-electron chi connectivity index (χ3n) is 4.76. The molecule has 0 atom stereocenters. The van der Waals surface area contributed by atoms with Crippen LogP contribution < -0.4 is 10.2 Å². The molecular formula is C20H24N6OS. The van der Waals surface area contributed by atoms with Crippen LogP contribution in [0.15, 0.2) is 36.5 Å². The largest absolute Gasteiger partial charge is 0.354 e. The van der Waals surface area contributed by atoms with Crippen LogP contribution in [0.3, 0.4) is 0 Å². The van der Waals surface area contributed by atoms with Crippen LogP contribution >= 0.6 is 11.8 Å². The van der Waals surface area contributed by atoms with Gasteiger partial charge in [-0.3, -0.25) is 9.48 Å². The highest BCUT2D eigenvalue weighted by Gasteiger charge is 2.21. The van der Waals surface area contributed by atoms with Crippen LogP contribution in [-0.2, 0) is 13.5 Å². The van der Waals surface area contributed by atoms with Gasteiger partial charge >= 0.3 is 0 Å². The van der Waals surface area contributed by atoms with E-state index >= 15 is 0 Å². The van der Waals surface area contributed by atoms with Crippen molar-refractivity contribution in [1.29, 1.82) is 0 Å². The Balaban J connectivity index is 1.47. The molecule has 1 aliphatic rings. The molecule has 2 aromatic heterocycles. The molecule has 0 saturated carbocycles. The molecule has 4 rings (SSSR count). The zero-order valence-corrected chi connectivity index (χ0v) is 16.8. The van der Waals surface area contributed by atoms with Gasteiger partial charge in [-0.05, 0) is 18.4 Å². The fourth-order valence-corrected chi connectivity index (χ4v) is 4.24. The van der Waals surface area contributed by atoms with E-state index in [2.05, 4.69) is 37.4 Å². The molecule has 7 nitrogen and oxygen atoms in total. The predicted molar refractivity (Wildman–Crippen MR) is 113 cm³/mol. The number of rotatable bonds is 6. The maximum Gasteiger partial charge on any atom is 0.289 e. The predicted octanol–water partition coefficient (Wildman–Crippen LogP) is 2.28. The van der Waals surface area contributed by atoms with Crippen molar-refractivity contribution in [2.75, 3.05) is 36.0 Å². The summed E-state index contributed by atoms with van der Waals surface area (Å²) in [6, 6.07) is 10.3. The number of anilines is 1. The summed E-state index contributed by atoms with van der Waals surface area (Å²) in [5, 5.41) is 8.25. The maximum atomic E-state index is 12.6. The molecule has 0 spiro atoms. The monoisotopic (exact) mass is 396 g/mol. The van der Waals surface area contributed by atoms with E-state index in [1.54, 1.807) is 4.68 Å². The summed E-state index contributed by atoms with van der Waals surface area (Å²) in [5.41, 5.74) is 1.84. The van der Waals surface area contributed by atoms with Crippen molar-refractivity contribution in [2.45, 2.75) is 12.8 Å². The maximum absolute atomic E-state index is 12.6. The quantitative estimate of drug-likeness (QED) is 0.644. The fraction of sp³-hybridized carbons (Fsp3) is 0.400. The van der Waals surface area contributed by atoms with E-state index < -0.39 is 0 Å². The number of carbonyl (C=O) groups excluding carboxylic acids is 1. The Hall–Kier alpha value is -2.61. The van der Waals surface area contributed by atoms with Gasteiger partial charge in [-0.2, -0.15) is 16.9 Å². The van der Waals surface area contributed by atoms with Gasteiger partial charge in [0.25, 0.3) is 5.91 Å². The van der Waals surface area contributed by atoms with Crippen molar-refractivity contribution in [3.63, 3.8) is 0 Å². The van der Waals surface area contributed by atoms with Crippen LogP contribution in [0.4, 0.5) is 5.82 Å². The number of amides is 1. The molecule has 1 saturated heterocycles. The first kappa shape index (κ1) is 18.7. The third-order valence-corrected chi connectivity index (χ3v) is 5.70. The molecule has 0 aliphatic carbocycles. The second kappa shape index (κ2) is 8.60. The molecule has 1 amide bonds. The summed E-state index contributed by atoms with van der Waals surface area (Å²) in [4.78, 5) is 23.9. The summed E-state index contributed by atoms with van der Waals surface area (Å²) in [5.74, 6) is 2.89. The summed E-state index contributed by atoms with van der Waals surface area (Å²) >= 11 is 1.94. The minimum Gasteiger partial charge on any atom is -0.354 e. The Labute approximate surface area is 168 Å². The van der Waals surface area contributed by atoms with Gasteiger partial charge in [-0.1, -0.05) is 30.3 Å².